The van der Waals surface area contributed by atoms with Crippen LogP contribution in [0.2, 0.25) is 0 Å². The Hall–Kier alpha value is -6.89. The lowest BCUT2D eigenvalue weighted by molar-refractivity contribution is -0.384. The Kier molecular flexibility index (Phi) is 11.7. The summed E-state index contributed by atoms with van der Waals surface area (Å²) >= 11 is 0. The SMILES string of the molecule is CC[C@@]1(OC(=O)OCc2ccc(NC(=O)[C@H](CCCN=C(N)N)NC(=O)[C@@H](N)C(C)C)cc2)C(=O)OCc2c1cc1n(c2=O)Cc2cc3cc([N+](=O)[O-])ccc3nc2-1. The lowest BCUT2D eigenvalue weighted by Gasteiger charge is -2.35. The van der Waals surface area contributed by atoms with Crippen molar-refractivity contribution >= 4 is 52.2 Å². The molecule has 58 heavy (non-hydrogen) atoms. The molecule has 2 amide bonds. The first kappa shape index (κ1) is 40.8. The molecule has 4 aromatic rings. The highest BCUT2D eigenvalue weighted by Crippen LogP contribution is 2.41. The summed E-state index contributed by atoms with van der Waals surface area (Å²) in [5, 5.41) is 17.3. The number of hydrogen-bond donors (Lipinski definition) is 5. The van der Waals surface area contributed by atoms with E-state index in [0.717, 1.165) is 0 Å². The molecule has 3 atom stereocenters. The maximum absolute atomic E-state index is 13.8. The molecule has 0 spiro atoms. The van der Waals surface area contributed by atoms with Gasteiger partial charge < -0.3 is 46.6 Å². The van der Waals surface area contributed by atoms with Crippen molar-refractivity contribution in [2.75, 3.05) is 11.9 Å². The van der Waals surface area contributed by atoms with Gasteiger partial charge >= 0.3 is 12.1 Å². The van der Waals surface area contributed by atoms with Crippen molar-refractivity contribution in [3.8, 4) is 11.4 Å². The number of guanidine groups is 1. The number of carbonyl (C=O) groups excluding carboxylic acids is 4. The van der Waals surface area contributed by atoms with E-state index in [9.17, 15) is 34.1 Å². The predicted octanol–water partition coefficient (Wildman–Crippen LogP) is 2.81. The molecule has 2 aliphatic rings. The van der Waals surface area contributed by atoms with Crippen LogP contribution in [0.5, 0.6) is 0 Å². The third-order valence-corrected chi connectivity index (χ3v) is 10.1. The second-order valence-corrected chi connectivity index (χ2v) is 14.3. The van der Waals surface area contributed by atoms with E-state index in [-0.39, 0.29) is 67.8 Å². The Morgan fingerprint density at radius 2 is 1.83 bits per heavy atom. The van der Waals surface area contributed by atoms with Crippen LogP contribution in [0.15, 0.2) is 64.4 Å². The van der Waals surface area contributed by atoms with Crippen molar-refractivity contribution in [2.45, 2.75) is 77.5 Å². The molecule has 0 unspecified atom stereocenters. The van der Waals surface area contributed by atoms with Crippen LogP contribution in [0.1, 0.15) is 62.3 Å². The number of esters is 1. The molecule has 304 valence electrons. The number of ether oxygens (including phenoxy) is 3. The van der Waals surface area contributed by atoms with Gasteiger partial charge in [0.1, 0.15) is 19.3 Å². The van der Waals surface area contributed by atoms with Crippen LogP contribution in [0.3, 0.4) is 0 Å². The van der Waals surface area contributed by atoms with Crippen molar-refractivity contribution in [3.63, 3.8) is 0 Å². The standard InChI is InChI=1S/C39H43N9O10/c1-4-39(27-16-30-32-23(17-47(30)35(51)26(27)19-56-36(39)52)14-22-15-25(48(54)55)11-12-28(22)45-32)58-38(53)57-18-21-7-9-24(10-8-21)44-33(49)29(6-5-13-43-37(41)42)46-34(50)31(40)20(2)3/h7-12,14-16,20,29,31H,4-6,13,17-19,40H2,1-3H3,(H,44,49)(H,46,50)(H4,41,42,43)/t29-,31-,39-/m0/s1. The molecular formula is C39H43N9O10. The van der Waals surface area contributed by atoms with Crippen molar-refractivity contribution in [2.24, 2.45) is 28.1 Å². The molecule has 0 saturated carbocycles. The van der Waals surface area contributed by atoms with Gasteiger partial charge in [-0.1, -0.05) is 32.9 Å². The fraction of sp³-hybridized carbons (Fsp3) is 0.359. The van der Waals surface area contributed by atoms with E-state index in [1.807, 2.05) is 0 Å². The number of anilines is 1. The molecular weight excluding hydrogens is 754 g/mol. The number of aromatic nitrogens is 2. The number of hydrogen-bond acceptors (Lipinski definition) is 13. The topological polar surface area (TPSA) is 288 Å². The summed E-state index contributed by atoms with van der Waals surface area (Å²) < 4.78 is 18.0. The van der Waals surface area contributed by atoms with E-state index in [0.29, 0.717) is 45.5 Å². The number of nitro benzene ring substituents is 1. The number of cyclic esters (lactones) is 1. The zero-order valence-electron chi connectivity index (χ0n) is 32.0. The average Bonchev–Trinajstić information content (AvgIpc) is 3.55. The minimum atomic E-state index is -2.01. The van der Waals surface area contributed by atoms with E-state index in [1.165, 1.54) is 22.8 Å². The summed E-state index contributed by atoms with van der Waals surface area (Å²) in [6, 6.07) is 12.2. The van der Waals surface area contributed by atoms with Crippen molar-refractivity contribution in [3.05, 3.63) is 97.3 Å². The number of pyridine rings is 2. The zero-order chi connectivity index (χ0) is 41.9. The summed E-state index contributed by atoms with van der Waals surface area (Å²) in [7, 11) is 0. The Labute approximate surface area is 331 Å². The Balaban J connectivity index is 1.15. The van der Waals surface area contributed by atoms with Gasteiger partial charge in [-0.25, -0.2) is 14.6 Å². The molecule has 0 bridgehead atoms. The molecule has 0 saturated heterocycles. The van der Waals surface area contributed by atoms with E-state index < -0.39 is 52.1 Å². The molecule has 2 aromatic carbocycles. The van der Waals surface area contributed by atoms with E-state index in [4.69, 9.17) is 36.4 Å². The number of rotatable bonds is 14. The molecule has 0 radical (unpaired) electrons. The minimum Gasteiger partial charge on any atom is -0.457 e. The third-order valence-electron chi connectivity index (χ3n) is 10.1. The van der Waals surface area contributed by atoms with Crippen molar-refractivity contribution in [1.82, 2.24) is 14.9 Å². The van der Waals surface area contributed by atoms with E-state index in [2.05, 4.69) is 15.6 Å². The number of nitro groups is 1. The number of benzene rings is 2. The van der Waals surface area contributed by atoms with Gasteiger partial charge in [0.2, 0.25) is 17.4 Å². The monoisotopic (exact) mass is 797 g/mol. The molecule has 6 rings (SSSR count). The Morgan fingerprint density at radius 1 is 1.09 bits per heavy atom. The summed E-state index contributed by atoms with van der Waals surface area (Å²) in [6.07, 6.45) is -0.654. The van der Waals surface area contributed by atoms with Crippen LogP contribution >= 0.6 is 0 Å². The van der Waals surface area contributed by atoms with Crippen LogP contribution < -0.4 is 33.4 Å². The molecule has 0 aliphatic carbocycles. The van der Waals surface area contributed by atoms with Crippen molar-refractivity contribution in [1.29, 1.82) is 0 Å². The van der Waals surface area contributed by atoms with Crippen LogP contribution in [0.4, 0.5) is 16.2 Å². The van der Waals surface area contributed by atoms with Gasteiger partial charge in [-0.05, 0) is 61.1 Å². The number of nitrogens with zero attached hydrogens (tertiary/aromatic N) is 4. The molecule has 2 aromatic heterocycles. The molecule has 0 fully saturated rings. The van der Waals surface area contributed by atoms with Gasteiger partial charge in [0.25, 0.3) is 11.2 Å². The second-order valence-electron chi connectivity index (χ2n) is 14.3. The number of non-ortho nitro benzene ring substituents is 1. The van der Waals surface area contributed by atoms with Crippen LogP contribution in [-0.2, 0) is 54.0 Å². The summed E-state index contributed by atoms with van der Waals surface area (Å²) in [6.45, 7) is 4.96. The Bertz CT molecular complexity index is 2390. The highest BCUT2D eigenvalue weighted by molar-refractivity contribution is 5.98. The Morgan fingerprint density at radius 3 is 2.50 bits per heavy atom. The van der Waals surface area contributed by atoms with E-state index >= 15 is 0 Å². The number of nitrogens with one attached hydrogen (secondary N) is 2. The molecule has 8 N–H and O–H groups in total. The highest BCUT2D eigenvalue weighted by atomic mass is 16.7. The molecule has 4 heterocycles. The fourth-order valence-electron chi connectivity index (χ4n) is 6.81. The van der Waals surface area contributed by atoms with Gasteiger partial charge in [-0.3, -0.25) is 29.5 Å². The van der Waals surface area contributed by atoms with Crippen LogP contribution in [-0.4, -0.2) is 63.0 Å². The fourth-order valence-corrected chi connectivity index (χ4v) is 6.81. The zero-order valence-corrected chi connectivity index (χ0v) is 32.0. The smallest absolute Gasteiger partial charge is 0.457 e. The van der Waals surface area contributed by atoms with Gasteiger partial charge in [0.15, 0.2) is 5.96 Å². The van der Waals surface area contributed by atoms with Crippen LogP contribution in [0, 0.1) is 16.0 Å². The van der Waals surface area contributed by atoms with Gasteiger partial charge in [-0.15, -0.1) is 0 Å². The minimum absolute atomic E-state index is 0.0885. The predicted molar refractivity (Wildman–Crippen MR) is 210 cm³/mol. The molecule has 19 nitrogen and oxygen atoms in total. The number of carbonyl (C=O) groups is 4. The normalized spacial score (nSPS) is 16.3. The maximum atomic E-state index is 13.8. The summed E-state index contributed by atoms with van der Waals surface area (Å²) in [5.41, 5.74) is 17.3. The number of amides is 2. The first-order valence-electron chi connectivity index (χ1n) is 18.5. The maximum Gasteiger partial charge on any atom is 0.510 e. The van der Waals surface area contributed by atoms with Gasteiger partial charge in [0.05, 0.1) is 40.0 Å². The average molecular weight is 798 g/mol. The quantitative estimate of drug-likeness (QED) is 0.0270. The molecule has 19 heteroatoms. The summed E-state index contributed by atoms with van der Waals surface area (Å²) in [4.78, 5) is 85.9. The van der Waals surface area contributed by atoms with Gasteiger partial charge in [-0.2, -0.15) is 0 Å². The molecule has 2 aliphatic heterocycles. The summed E-state index contributed by atoms with van der Waals surface area (Å²) in [5.74, 6) is -2.09. The largest absolute Gasteiger partial charge is 0.510 e. The lowest BCUT2D eigenvalue weighted by Crippen LogP contribution is -2.51. The first-order chi connectivity index (χ1) is 27.6. The third kappa shape index (κ3) is 8.29. The van der Waals surface area contributed by atoms with Crippen molar-refractivity contribution < 1.29 is 38.3 Å². The highest BCUT2D eigenvalue weighted by Gasteiger charge is 2.51. The lowest BCUT2D eigenvalue weighted by atomic mass is 9.85. The number of fused-ring (bicyclic) bond motifs is 5. The first-order valence-corrected chi connectivity index (χ1v) is 18.5. The van der Waals surface area contributed by atoms with Gasteiger partial charge in [0, 0.05) is 40.9 Å². The van der Waals surface area contributed by atoms with Crippen LogP contribution in [0.25, 0.3) is 22.3 Å². The van der Waals surface area contributed by atoms with E-state index in [1.54, 1.807) is 57.2 Å². The number of nitrogens with two attached hydrogens (primary N) is 3. The number of aliphatic imine (C=N–C) groups is 1. The second kappa shape index (κ2) is 16.7.